The molecule has 1 nitrogen and oxygen atoms in total. The van der Waals surface area contributed by atoms with E-state index in [-0.39, 0.29) is 5.56 Å². The van der Waals surface area contributed by atoms with E-state index in [0.717, 1.165) is 12.1 Å². The molecule has 0 radical (unpaired) electrons. The predicted molar refractivity (Wildman–Crippen MR) is 41.4 cm³/mol. The second-order valence-corrected chi connectivity index (χ2v) is 2.69. The summed E-state index contributed by atoms with van der Waals surface area (Å²) in [5, 5.41) is -0.583. The normalized spacial score (nSPS) is 10.0. The lowest BCUT2D eigenvalue weighted by Crippen LogP contribution is -1.95. The molecule has 1 aromatic rings. The zero-order valence-corrected chi connectivity index (χ0v) is 6.95. The summed E-state index contributed by atoms with van der Waals surface area (Å²) in [5.74, 6) is -2.23. The molecular formula is C8H5ClF2O. The van der Waals surface area contributed by atoms with Crippen LogP contribution >= 0.6 is 11.6 Å². The number of hydrogen-bond acceptors (Lipinski definition) is 1. The lowest BCUT2D eigenvalue weighted by Gasteiger charge is -1.99. The Labute approximate surface area is 73.0 Å². The second kappa shape index (κ2) is 3.19. The van der Waals surface area contributed by atoms with E-state index in [1.54, 1.807) is 0 Å². The van der Waals surface area contributed by atoms with Gasteiger partial charge in [0.25, 0.3) is 0 Å². The smallest absolute Gasteiger partial charge is 0.160 e. The monoisotopic (exact) mass is 190 g/mol. The van der Waals surface area contributed by atoms with Gasteiger partial charge in [0.15, 0.2) is 5.78 Å². The molecule has 0 N–H and O–H groups in total. The fraction of sp³-hybridized carbons (Fsp3) is 0.125. The van der Waals surface area contributed by atoms with Gasteiger partial charge in [0, 0.05) is 5.56 Å². The lowest BCUT2D eigenvalue weighted by atomic mass is 10.1. The van der Waals surface area contributed by atoms with Crippen LogP contribution in [0.2, 0.25) is 5.02 Å². The highest BCUT2D eigenvalue weighted by molar-refractivity contribution is 6.31. The number of benzene rings is 1. The molecule has 0 spiro atoms. The SMILES string of the molecule is CC(=O)c1cc(F)c(Cl)c(F)c1. The van der Waals surface area contributed by atoms with Gasteiger partial charge in [0.2, 0.25) is 0 Å². The topological polar surface area (TPSA) is 17.1 Å². The number of Topliss-reactive ketones (excluding diaryl/α,β-unsaturated/α-hetero) is 1. The van der Waals surface area contributed by atoms with Crippen LogP contribution in [-0.2, 0) is 0 Å². The lowest BCUT2D eigenvalue weighted by molar-refractivity contribution is 0.101. The summed E-state index contributed by atoms with van der Waals surface area (Å²) in [6.45, 7) is 1.22. The van der Waals surface area contributed by atoms with Crippen molar-refractivity contribution in [3.8, 4) is 0 Å². The van der Waals surface area contributed by atoms with Gasteiger partial charge >= 0.3 is 0 Å². The van der Waals surface area contributed by atoms with Gasteiger partial charge in [0.1, 0.15) is 16.7 Å². The van der Waals surface area contributed by atoms with Crippen molar-refractivity contribution >= 4 is 17.4 Å². The molecular weight excluding hydrogens is 186 g/mol. The Morgan fingerprint density at radius 1 is 1.33 bits per heavy atom. The number of rotatable bonds is 1. The molecule has 0 aliphatic rings. The zero-order valence-electron chi connectivity index (χ0n) is 6.20. The number of carbonyl (C=O) groups is 1. The van der Waals surface area contributed by atoms with Crippen molar-refractivity contribution in [1.82, 2.24) is 0 Å². The molecule has 0 atom stereocenters. The Kier molecular flexibility index (Phi) is 2.43. The van der Waals surface area contributed by atoms with Crippen molar-refractivity contribution in [3.63, 3.8) is 0 Å². The van der Waals surface area contributed by atoms with E-state index in [9.17, 15) is 13.6 Å². The summed E-state index contributed by atoms with van der Waals surface area (Å²) in [4.78, 5) is 10.7. The van der Waals surface area contributed by atoms with Gasteiger partial charge in [-0.15, -0.1) is 0 Å². The summed E-state index contributed by atoms with van der Waals surface area (Å²) >= 11 is 5.19. The van der Waals surface area contributed by atoms with E-state index in [1.807, 2.05) is 0 Å². The molecule has 0 amide bonds. The number of carbonyl (C=O) groups excluding carboxylic acids is 1. The Bertz CT molecular complexity index is 313. The van der Waals surface area contributed by atoms with Crippen LogP contribution < -0.4 is 0 Å². The second-order valence-electron chi connectivity index (χ2n) is 2.31. The fourth-order valence-corrected chi connectivity index (χ4v) is 0.868. The van der Waals surface area contributed by atoms with Gasteiger partial charge in [-0.25, -0.2) is 8.78 Å². The Balaban J connectivity index is 3.31. The highest BCUT2D eigenvalue weighted by atomic mass is 35.5. The maximum absolute atomic E-state index is 12.7. The Morgan fingerprint density at radius 3 is 2.08 bits per heavy atom. The van der Waals surface area contributed by atoms with Crippen molar-refractivity contribution < 1.29 is 13.6 Å². The molecule has 1 rings (SSSR count). The number of hydrogen-bond donors (Lipinski definition) is 0. The maximum atomic E-state index is 12.7. The minimum absolute atomic E-state index is 0.0191. The van der Waals surface area contributed by atoms with Gasteiger partial charge in [-0.3, -0.25) is 4.79 Å². The van der Waals surface area contributed by atoms with Gasteiger partial charge < -0.3 is 0 Å². The first-order chi connectivity index (χ1) is 5.52. The van der Waals surface area contributed by atoms with E-state index < -0.39 is 22.4 Å². The standard InChI is InChI=1S/C8H5ClF2O/c1-4(12)5-2-6(10)8(9)7(11)3-5/h2-3H,1H3. The van der Waals surface area contributed by atoms with Crippen LogP contribution in [-0.4, -0.2) is 5.78 Å². The Morgan fingerprint density at radius 2 is 1.75 bits per heavy atom. The zero-order chi connectivity index (χ0) is 9.30. The molecule has 0 fully saturated rings. The van der Waals surface area contributed by atoms with Gasteiger partial charge in [-0.1, -0.05) is 11.6 Å². The molecule has 0 aromatic heterocycles. The van der Waals surface area contributed by atoms with Crippen molar-refractivity contribution in [2.75, 3.05) is 0 Å². The van der Waals surface area contributed by atoms with Gasteiger partial charge in [-0.05, 0) is 19.1 Å². The molecule has 4 heteroatoms. The van der Waals surface area contributed by atoms with Crippen molar-refractivity contribution in [2.24, 2.45) is 0 Å². The molecule has 0 heterocycles. The van der Waals surface area contributed by atoms with Crippen LogP contribution in [0.25, 0.3) is 0 Å². The highest BCUT2D eigenvalue weighted by Crippen LogP contribution is 2.20. The van der Waals surface area contributed by atoms with Crippen LogP contribution in [0, 0.1) is 11.6 Å². The van der Waals surface area contributed by atoms with E-state index in [2.05, 4.69) is 0 Å². The van der Waals surface area contributed by atoms with Crippen molar-refractivity contribution in [2.45, 2.75) is 6.92 Å². The first-order valence-electron chi connectivity index (χ1n) is 3.18. The molecule has 0 saturated carbocycles. The molecule has 0 unspecified atom stereocenters. The number of halogens is 3. The average Bonchev–Trinajstić information content (AvgIpc) is 1.99. The number of ketones is 1. The van der Waals surface area contributed by atoms with Gasteiger partial charge in [0.05, 0.1) is 0 Å². The Hall–Kier alpha value is -0.960. The van der Waals surface area contributed by atoms with Gasteiger partial charge in [-0.2, -0.15) is 0 Å². The summed E-state index contributed by atoms with van der Waals surface area (Å²) in [7, 11) is 0. The van der Waals surface area contributed by atoms with Crippen LogP contribution in [0.1, 0.15) is 17.3 Å². The maximum Gasteiger partial charge on any atom is 0.160 e. The van der Waals surface area contributed by atoms with E-state index >= 15 is 0 Å². The summed E-state index contributed by atoms with van der Waals surface area (Å²) in [6, 6.07) is 1.82. The largest absolute Gasteiger partial charge is 0.295 e. The van der Waals surface area contributed by atoms with Crippen LogP contribution in [0.4, 0.5) is 8.78 Å². The molecule has 64 valence electrons. The van der Waals surface area contributed by atoms with Crippen molar-refractivity contribution in [1.29, 1.82) is 0 Å². The van der Waals surface area contributed by atoms with Crippen LogP contribution in [0.15, 0.2) is 12.1 Å². The van der Waals surface area contributed by atoms with E-state index in [1.165, 1.54) is 6.92 Å². The van der Waals surface area contributed by atoms with Crippen molar-refractivity contribution in [3.05, 3.63) is 34.4 Å². The molecule has 0 aliphatic heterocycles. The fourth-order valence-electron chi connectivity index (χ4n) is 0.759. The quantitative estimate of drug-likeness (QED) is 0.492. The molecule has 0 saturated heterocycles. The summed E-state index contributed by atoms with van der Waals surface area (Å²) in [6.07, 6.45) is 0. The third kappa shape index (κ3) is 1.61. The van der Waals surface area contributed by atoms with Crippen LogP contribution in [0.5, 0.6) is 0 Å². The third-order valence-corrected chi connectivity index (χ3v) is 1.75. The van der Waals surface area contributed by atoms with Crippen LogP contribution in [0.3, 0.4) is 0 Å². The summed E-state index contributed by atoms with van der Waals surface area (Å²) in [5.41, 5.74) is -0.0191. The highest BCUT2D eigenvalue weighted by Gasteiger charge is 2.10. The molecule has 0 aliphatic carbocycles. The minimum Gasteiger partial charge on any atom is -0.295 e. The molecule has 12 heavy (non-hydrogen) atoms. The van der Waals surface area contributed by atoms with E-state index in [4.69, 9.17) is 11.6 Å². The first-order valence-corrected chi connectivity index (χ1v) is 3.55. The minimum atomic E-state index is -0.915. The van der Waals surface area contributed by atoms with E-state index in [0.29, 0.717) is 0 Å². The molecule has 1 aromatic carbocycles. The summed E-state index contributed by atoms with van der Waals surface area (Å²) < 4.78 is 25.4. The predicted octanol–water partition coefficient (Wildman–Crippen LogP) is 2.82. The first kappa shape index (κ1) is 9.13. The average molecular weight is 191 g/mol. The third-order valence-electron chi connectivity index (χ3n) is 1.39. The molecule has 0 bridgehead atoms.